The lowest BCUT2D eigenvalue weighted by molar-refractivity contribution is 0.102. The van der Waals surface area contributed by atoms with Crippen molar-refractivity contribution in [2.45, 2.75) is 0 Å². The Balaban J connectivity index is 2.37. The highest BCUT2D eigenvalue weighted by Crippen LogP contribution is 2.38. The minimum atomic E-state index is -0.544. The van der Waals surface area contributed by atoms with Crippen LogP contribution >= 0.6 is 0 Å². The van der Waals surface area contributed by atoms with Gasteiger partial charge in [0.1, 0.15) is 0 Å². The van der Waals surface area contributed by atoms with E-state index in [2.05, 4.69) is 15.3 Å². The predicted octanol–water partition coefficient (Wildman–Crippen LogP) is 1.04. The lowest BCUT2D eigenvalue weighted by Crippen LogP contribution is -2.14. The van der Waals surface area contributed by atoms with Crippen molar-refractivity contribution in [3.63, 3.8) is 0 Å². The highest BCUT2D eigenvalue weighted by Gasteiger charge is 2.18. The van der Waals surface area contributed by atoms with E-state index in [-0.39, 0.29) is 23.1 Å². The number of aromatic nitrogens is 2. The first kappa shape index (κ1) is 16.1. The second kappa shape index (κ2) is 6.69. The van der Waals surface area contributed by atoms with Crippen molar-refractivity contribution in [2.75, 3.05) is 32.4 Å². The summed E-state index contributed by atoms with van der Waals surface area (Å²) in [5.41, 5.74) is 5.65. The SMILES string of the molecule is COc1cc(C(=O)Nc2nc(N)ncc2O)cc(OC)c1OC. The molecule has 0 saturated carbocycles. The first-order chi connectivity index (χ1) is 11.0. The number of methoxy groups -OCH3 is 3. The zero-order chi connectivity index (χ0) is 17.0. The lowest BCUT2D eigenvalue weighted by Gasteiger charge is -2.14. The lowest BCUT2D eigenvalue weighted by atomic mass is 10.1. The van der Waals surface area contributed by atoms with Crippen LogP contribution in [0.4, 0.5) is 11.8 Å². The Hall–Kier alpha value is -3.23. The van der Waals surface area contributed by atoms with Crippen LogP contribution in [0.2, 0.25) is 0 Å². The van der Waals surface area contributed by atoms with E-state index in [0.717, 1.165) is 6.20 Å². The molecule has 9 heteroatoms. The van der Waals surface area contributed by atoms with Crippen LogP contribution in [0, 0.1) is 0 Å². The molecule has 0 spiro atoms. The van der Waals surface area contributed by atoms with Crippen molar-refractivity contribution in [1.29, 1.82) is 0 Å². The molecule has 9 nitrogen and oxygen atoms in total. The summed E-state index contributed by atoms with van der Waals surface area (Å²) in [6, 6.07) is 2.94. The first-order valence-corrected chi connectivity index (χ1v) is 6.43. The fraction of sp³-hybridized carbons (Fsp3) is 0.214. The zero-order valence-corrected chi connectivity index (χ0v) is 12.8. The molecule has 0 aliphatic carbocycles. The summed E-state index contributed by atoms with van der Waals surface area (Å²) < 4.78 is 15.6. The molecule has 0 unspecified atom stereocenters. The van der Waals surface area contributed by atoms with Gasteiger partial charge in [-0.1, -0.05) is 0 Å². The summed E-state index contributed by atoms with van der Waals surface area (Å²) in [7, 11) is 4.34. The second-order valence-electron chi connectivity index (χ2n) is 4.33. The van der Waals surface area contributed by atoms with Gasteiger partial charge in [-0.05, 0) is 12.1 Å². The van der Waals surface area contributed by atoms with Crippen molar-refractivity contribution in [3.8, 4) is 23.0 Å². The molecule has 1 amide bonds. The Morgan fingerprint density at radius 2 is 1.78 bits per heavy atom. The number of hydrogen-bond acceptors (Lipinski definition) is 8. The van der Waals surface area contributed by atoms with Gasteiger partial charge in [0, 0.05) is 5.56 Å². The van der Waals surface area contributed by atoms with E-state index in [1.165, 1.54) is 33.5 Å². The van der Waals surface area contributed by atoms with Crippen LogP contribution in [0.15, 0.2) is 18.3 Å². The van der Waals surface area contributed by atoms with Gasteiger partial charge >= 0.3 is 0 Å². The molecule has 2 rings (SSSR count). The number of ether oxygens (including phenoxy) is 3. The van der Waals surface area contributed by atoms with Crippen LogP contribution in [0.1, 0.15) is 10.4 Å². The quantitative estimate of drug-likeness (QED) is 0.745. The van der Waals surface area contributed by atoms with Crippen LogP contribution in [0.5, 0.6) is 23.0 Å². The Labute approximate surface area is 132 Å². The van der Waals surface area contributed by atoms with Gasteiger partial charge in [0.15, 0.2) is 23.1 Å². The van der Waals surface area contributed by atoms with E-state index >= 15 is 0 Å². The van der Waals surface area contributed by atoms with Crippen molar-refractivity contribution in [2.24, 2.45) is 0 Å². The number of aromatic hydroxyl groups is 1. The predicted molar refractivity (Wildman–Crippen MR) is 82.2 cm³/mol. The molecular weight excluding hydrogens is 304 g/mol. The van der Waals surface area contributed by atoms with E-state index in [4.69, 9.17) is 19.9 Å². The van der Waals surface area contributed by atoms with Gasteiger partial charge in [-0.25, -0.2) is 4.98 Å². The van der Waals surface area contributed by atoms with Crippen LogP contribution in [-0.2, 0) is 0 Å². The van der Waals surface area contributed by atoms with Crippen LogP contribution in [0.25, 0.3) is 0 Å². The van der Waals surface area contributed by atoms with Gasteiger partial charge in [0.25, 0.3) is 5.91 Å². The third-order valence-corrected chi connectivity index (χ3v) is 2.95. The average Bonchev–Trinajstić information content (AvgIpc) is 2.56. The number of benzene rings is 1. The Morgan fingerprint density at radius 1 is 1.17 bits per heavy atom. The molecule has 2 aromatic rings. The molecule has 4 N–H and O–H groups in total. The molecular formula is C14H16N4O5. The van der Waals surface area contributed by atoms with E-state index in [0.29, 0.717) is 17.2 Å². The number of amides is 1. The number of nitrogens with zero attached hydrogens (tertiary/aromatic N) is 2. The van der Waals surface area contributed by atoms with E-state index in [1.54, 1.807) is 0 Å². The summed E-state index contributed by atoms with van der Waals surface area (Å²) in [6.45, 7) is 0. The highest BCUT2D eigenvalue weighted by molar-refractivity contribution is 6.05. The van der Waals surface area contributed by atoms with Crippen molar-refractivity contribution >= 4 is 17.7 Å². The van der Waals surface area contributed by atoms with E-state index < -0.39 is 5.91 Å². The summed E-state index contributed by atoms with van der Waals surface area (Å²) in [6.07, 6.45) is 1.09. The normalized spacial score (nSPS) is 10.0. The molecule has 0 saturated heterocycles. The standard InChI is InChI=1S/C14H16N4O5/c1-21-9-4-7(5-10(22-2)11(9)23-3)13(20)17-12-8(19)6-16-14(15)18-12/h4-6,19H,1-3H3,(H3,15,16,17,18,20). The maximum absolute atomic E-state index is 12.3. The number of nitrogens with two attached hydrogens (primary N) is 1. The van der Waals surface area contributed by atoms with Crippen molar-refractivity contribution in [1.82, 2.24) is 9.97 Å². The average molecular weight is 320 g/mol. The highest BCUT2D eigenvalue weighted by atomic mass is 16.5. The maximum atomic E-state index is 12.3. The van der Waals surface area contributed by atoms with Gasteiger partial charge < -0.3 is 30.4 Å². The van der Waals surface area contributed by atoms with E-state index in [1.807, 2.05) is 0 Å². The number of nitrogen functional groups attached to an aromatic ring is 1. The summed E-state index contributed by atoms with van der Waals surface area (Å²) in [5.74, 6) is -0.0237. The molecule has 1 aromatic carbocycles. The molecule has 0 aliphatic heterocycles. The smallest absolute Gasteiger partial charge is 0.257 e. The maximum Gasteiger partial charge on any atom is 0.257 e. The minimum Gasteiger partial charge on any atom is -0.503 e. The topological polar surface area (TPSA) is 129 Å². The van der Waals surface area contributed by atoms with Gasteiger partial charge in [-0.2, -0.15) is 4.98 Å². The summed E-state index contributed by atoms with van der Waals surface area (Å²) >= 11 is 0. The Kier molecular flexibility index (Phi) is 4.69. The molecule has 23 heavy (non-hydrogen) atoms. The first-order valence-electron chi connectivity index (χ1n) is 6.43. The monoisotopic (exact) mass is 320 g/mol. The van der Waals surface area contributed by atoms with Crippen molar-refractivity contribution < 1.29 is 24.1 Å². The molecule has 0 aliphatic rings. The van der Waals surface area contributed by atoms with Gasteiger partial charge in [0.05, 0.1) is 27.5 Å². The second-order valence-corrected chi connectivity index (χ2v) is 4.33. The van der Waals surface area contributed by atoms with Gasteiger partial charge in [0.2, 0.25) is 11.7 Å². The fourth-order valence-corrected chi connectivity index (χ4v) is 1.87. The molecule has 1 heterocycles. The largest absolute Gasteiger partial charge is 0.503 e. The van der Waals surface area contributed by atoms with Crippen LogP contribution in [-0.4, -0.2) is 42.3 Å². The van der Waals surface area contributed by atoms with Crippen molar-refractivity contribution in [3.05, 3.63) is 23.9 Å². The summed E-state index contributed by atoms with van der Waals surface area (Å²) in [5, 5.41) is 12.1. The fourth-order valence-electron chi connectivity index (χ4n) is 1.87. The third-order valence-electron chi connectivity index (χ3n) is 2.95. The van der Waals surface area contributed by atoms with Crippen LogP contribution in [0.3, 0.4) is 0 Å². The molecule has 122 valence electrons. The zero-order valence-electron chi connectivity index (χ0n) is 12.8. The van der Waals surface area contributed by atoms with Gasteiger partial charge in [-0.15, -0.1) is 0 Å². The Bertz CT molecular complexity index is 710. The number of carbonyl (C=O) groups is 1. The van der Waals surface area contributed by atoms with Gasteiger partial charge in [-0.3, -0.25) is 4.79 Å². The summed E-state index contributed by atoms with van der Waals surface area (Å²) in [4.78, 5) is 19.7. The minimum absolute atomic E-state index is 0.0806. The number of hydrogen-bond donors (Lipinski definition) is 3. The molecule has 0 bridgehead atoms. The molecule has 0 atom stereocenters. The third kappa shape index (κ3) is 3.34. The van der Waals surface area contributed by atoms with E-state index in [9.17, 15) is 9.90 Å². The number of carbonyl (C=O) groups excluding carboxylic acids is 1. The van der Waals surface area contributed by atoms with Crippen LogP contribution < -0.4 is 25.3 Å². The molecule has 1 aromatic heterocycles. The molecule has 0 radical (unpaired) electrons. The Morgan fingerprint density at radius 3 is 2.30 bits per heavy atom. The number of rotatable bonds is 5. The number of anilines is 2. The number of nitrogens with one attached hydrogen (secondary N) is 1. The molecule has 0 fully saturated rings.